The van der Waals surface area contributed by atoms with E-state index in [9.17, 15) is 4.79 Å². The van der Waals surface area contributed by atoms with Crippen molar-refractivity contribution in [2.24, 2.45) is 0 Å². The molecule has 0 unspecified atom stereocenters. The lowest BCUT2D eigenvalue weighted by Gasteiger charge is -2.33. The molecular formula is C18H25NO4. The van der Waals surface area contributed by atoms with E-state index in [0.717, 1.165) is 6.29 Å². The molecule has 0 N–H and O–H groups in total. The minimum absolute atomic E-state index is 0.202. The number of allylic oxidation sites excluding steroid dienone is 1. The van der Waals surface area contributed by atoms with Gasteiger partial charge in [-0.15, -0.1) is 0 Å². The highest BCUT2D eigenvalue weighted by molar-refractivity contribution is 5.65. The number of methoxy groups -OCH3 is 1. The van der Waals surface area contributed by atoms with Crippen LogP contribution in [0.1, 0.15) is 19.4 Å². The number of nitrogens with zero attached hydrogens (tertiary/aromatic N) is 1. The second-order valence-corrected chi connectivity index (χ2v) is 6.12. The highest BCUT2D eigenvalue weighted by Crippen LogP contribution is 2.29. The lowest BCUT2D eigenvalue weighted by atomic mass is 10.1. The van der Waals surface area contributed by atoms with Crippen LogP contribution in [-0.2, 0) is 25.5 Å². The Balaban J connectivity index is 2.22. The molecule has 1 aromatic rings. The summed E-state index contributed by atoms with van der Waals surface area (Å²) < 4.78 is 17.1. The molecule has 0 amide bonds. The average molecular weight is 319 g/mol. The fourth-order valence-electron chi connectivity index (χ4n) is 2.88. The highest BCUT2D eigenvalue weighted by Gasteiger charge is 2.41. The maximum absolute atomic E-state index is 11.0. The summed E-state index contributed by atoms with van der Waals surface area (Å²) in [5, 5.41) is 0. The minimum Gasteiger partial charge on any atom is -0.499 e. The summed E-state index contributed by atoms with van der Waals surface area (Å²) in [5.74, 6) is -0.0546. The van der Waals surface area contributed by atoms with Gasteiger partial charge in [0.05, 0.1) is 19.8 Å². The molecule has 0 saturated carbocycles. The largest absolute Gasteiger partial charge is 0.499 e. The van der Waals surface area contributed by atoms with Gasteiger partial charge in [0.15, 0.2) is 5.79 Å². The average Bonchev–Trinajstić information content (AvgIpc) is 2.87. The van der Waals surface area contributed by atoms with Gasteiger partial charge < -0.3 is 14.2 Å². The first-order chi connectivity index (χ1) is 11.0. The Morgan fingerprint density at radius 2 is 2.13 bits per heavy atom. The van der Waals surface area contributed by atoms with Crippen molar-refractivity contribution in [1.82, 2.24) is 4.90 Å². The van der Waals surface area contributed by atoms with E-state index < -0.39 is 5.79 Å². The van der Waals surface area contributed by atoms with E-state index >= 15 is 0 Å². The van der Waals surface area contributed by atoms with Gasteiger partial charge in [0, 0.05) is 12.6 Å². The Kier molecular flexibility index (Phi) is 5.93. The molecule has 0 aliphatic carbocycles. The topological polar surface area (TPSA) is 48.0 Å². The van der Waals surface area contributed by atoms with Crippen molar-refractivity contribution in [3.8, 4) is 0 Å². The van der Waals surface area contributed by atoms with Crippen molar-refractivity contribution in [1.29, 1.82) is 0 Å². The van der Waals surface area contributed by atoms with Gasteiger partial charge in [-0.05, 0) is 26.5 Å². The van der Waals surface area contributed by atoms with Gasteiger partial charge in [0.25, 0.3) is 0 Å². The molecule has 0 radical (unpaired) electrons. The first-order valence-corrected chi connectivity index (χ1v) is 7.72. The number of carbonyl (C=O) groups is 1. The third-order valence-corrected chi connectivity index (χ3v) is 3.89. The quantitative estimate of drug-likeness (QED) is 0.439. The van der Waals surface area contributed by atoms with Crippen LogP contribution in [0.25, 0.3) is 0 Å². The predicted octanol–water partition coefficient (Wildman–Crippen LogP) is 2.37. The van der Waals surface area contributed by atoms with Gasteiger partial charge in [-0.3, -0.25) is 9.69 Å². The third-order valence-electron chi connectivity index (χ3n) is 3.89. The molecule has 1 fully saturated rings. The fraction of sp³-hybridized carbons (Fsp3) is 0.500. The monoisotopic (exact) mass is 319 g/mol. The van der Waals surface area contributed by atoms with E-state index in [0.29, 0.717) is 18.9 Å². The van der Waals surface area contributed by atoms with Crippen LogP contribution >= 0.6 is 0 Å². The van der Waals surface area contributed by atoms with Gasteiger partial charge in [-0.1, -0.05) is 30.3 Å². The summed E-state index contributed by atoms with van der Waals surface area (Å²) >= 11 is 0. The second-order valence-electron chi connectivity index (χ2n) is 6.12. The van der Waals surface area contributed by atoms with E-state index in [1.54, 1.807) is 7.11 Å². The van der Waals surface area contributed by atoms with Gasteiger partial charge in [-0.25, -0.2) is 0 Å². The predicted molar refractivity (Wildman–Crippen MR) is 87.8 cm³/mol. The molecule has 5 nitrogen and oxygen atoms in total. The number of likely N-dealkylation sites (N-methyl/N-ethyl adjacent to an activating group) is 1. The molecule has 0 bridgehead atoms. The van der Waals surface area contributed by atoms with E-state index in [2.05, 4.69) is 17.0 Å². The molecule has 126 valence electrons. The maximum atomic E-state index is 11.0. The minimum atomic E-state index is -0.628. The number of aldehydes is 1. The second kappa shape index (κ2) is 7.73. The number of carbonyl (C=O) groups excluding carboxylic acids is 1. The Bertz CT molecular complexity index is 541. The third kappa shape index (κ3) is 4.64. The van der Waals surface area contributed by atoms with Crippen LogP contribution in [-0.4, -0.2) is 49.9 Å². The Morgan fingerprint density at radius 3 is 2.65 bits per heavy atom. The van der Waals surface area contributed by atoms with Crippen molar-refractivity contribution in [3.63, 3.8) is 0 Å². The van der Waals surface area contributed by atoms with E-state index in [4.69, 9.17) is 14.2 Å². The Labute approximate surface area is 137 Å². The van der Waals surface area contributed by atoms with Crippen molar-refractivity contribution in [3.05, 3.63) is 47.7 Å². The molecule has 1 saturated heterocycles. The zero-order valence-electron chi connectivity index (χ0n) is 14.2. The number of hydrogen-bond donors (Lipinski definition) is 0. The van der Waals surface area contributed by atoms with Gasteiger partial charge in [0.1, 0.15) is 18.1 Å². The van der Waals surface area contributed by atoms with E-state index in [-0.39, 0.29) is 12.1 Å². The summed E-state index contributed by atoms with van der Waals surface area (Å²) in [6, 6.07) is 9.94. The van der Waals surface area contributed by atoms with Gasteiger partial charge in [-0.2, -0.15) is 0 Å². The smallest absolute Gasteiger partial charge is 0.163 e. The SMILES string of the molecule is CO/C(=C/C=O)[C@H]([C@H]1COC(C)(C)O1)N(C)Cc1ccccc1. The summed E-state index contributed by atoms with van der Waals surface area (Å²) in [7, 11) is 3.56. The molecule has 2 atom stereocenters. The molecule has 1 aromatic carbocycles. The molecule has 0 aromatic heterocycles. The number of hydrogen-bond acceptors (Lipinski definition) is 5. The van der Waals surface area contributed by atoms with Crippen LogP contribution in [0, 0.1) is 0 Å². The summed E-state index contributed by atoms with van der Waals surface area (Å²) in [6.45, 7) is 4.94. The Hall–Kier alpha value is -1.69. The van der Waals surface area contributed by atoms with Crippen molar-refractivity contribution in [2.75, 3.05) is 20.8 Å². The van der Waals surface area contributed by atoms with Crippen LogP contribution in [0.4, 0.5) is 0 Å². The molecular weight excluding hydrogens is 294 g/mol. The van der Waals surface area contributed by atoms with Gasteiger partial charge in [0.2, 0.25) is 0 Å². The molecule has 2 rings (SSSR count). The lowest BCUT2D eigenvalue weighted by Crippen LogP contribution is -2.44. The molecule has 0 spiro atoms. The Morgan fingerprint density at radius 1 is 1.43 bits per heavy atom. The van der Waals surface area contributed by atoms with Crippen LogP contribution in [0.15, 0.2) is 42.2 Å². The summed E-state index contributed by atoms with van der Waals surface area (Å²) in [5.41, 5.74) is 1.18. The molecule has 23 heavy (non-hydrogen) atoms. The standard InChI is InChI=1S/C18H25NO4/c1-18(2)22-13-16(23-18)17(15(21-4)10-11-20)19(3)12-14-8-6-5-7-9-14/h5-11,16-17H,12-13H2,1-4H3/b15-10+/t16-,17-/m1/s1. The molecule has 5 heteroatoms. The number of benzene rings is 1. The fourth-order valence-corrected chi connectivity index (χ4v) is 2.88. The zero-order valence-corrected chi connectivity index (χ0v) is 14.2. The van der Waals surface area contributed by atoms with Crippen molar-refractivity contribution in [2.45, 2.75) is 38.3 Å². The lowest BCUT2D eigenvalue weighted by molar-refractivity contribution is -0.145. The van der Waals surface area contributed by atoms with Crippen molar-refractivity contribution < 1.29 is 19.0 Å². The zero-order chi connectivity index (χ0) is 16.9. The first-order valence-electron chi connectivity index (χ1n) is 7.72. The number of rotatable bonds is 7. The number of ether oxygens (including phenoxy) is 3. The first kappa shape index (κ1) is 17.7. The van der Waals surface area contributed by atoms with Crippen LogP contribution in [0.5, 0.6) is 0 Å². The van der Waals surface area contributed by atoms with Gasteiger partial charge >= 0.3 is 0 Å². The normalized spacial score (nSPS) is 22.1. The molecule has 1 aliphatic rings. The van der Waals surface area contributed by atoms with Crippen LogP contribution in [0.2, 0.25) is 0 Å². The van der Waals surface area contributed by atoms with Crippen molar-refractivity contribution >= 4 is 6.29 Å². The molecule has 1 aliphatic heterocycles. The molecule has 1 heterocycles. The van der Waals surface area contributed by atoms with E-state index in [1.165, 1.54) is 11.6 Å². The van der Waals surface area contributed by atoms with E-state index in [1.807, 2.05) is 39.1 Å². The maximum Gasteiger partial charge on any atom is 0.163 e. The van der Waals surface area contributed by atoms with Crippen LogP contribution < -0.4 is 0 Å². The van der Waals surface area contributed by atoms with Crippen LogP contribution in [0.3, 0.4) is 0 Å². The summed E-state index contributed by atoms with van der Waals surface area (Å²) in [6.07, 6.45) is 1.98. The highest BCUT2D eigenvalue weighted by atomic mass is 16.7. The summed E-state index contributed by atoms with van der Waals surface area (Å²) in [4.78, 5) is 13.1.